The van der Waals surface area contributed by atoms with Crippen LogP contribution in [0.1, 0.15) is 17.6 Å². The van der Waals surface area contributed by atoms with Crippen molar-refractivity contribution in [3.05, 3.63) is 33.2 Å². The fraction of sp³-hybridized carbons (Fsp3) is 0.333. The minimum atomic E-state index is 0.353. The predicted octanol–water partition coefficient (Wildman–Crippen LogP) is 2.63. The molecule has 0 amide bonds. The number of thiophene rings is 1. The van der Waals surface area contributed by atoms with Gasteiger partial charge in [0.25, 0.3) is 0 Å². The maximum Gasteiger partial charge on any atom is 0.158 e. The molecule has 4 N–H and O–H groups in total. The monoisotopic (exact) mass is 313 g/mol. The van der Waals surface area contributed by atoms with Crippen LogP contribution < -0.4 is 16.6 Å². The molecule has 0 radical (unpaired) electrons. The van der Waals surface area contributed by atoms with Gasteiger partial charge >= 0.3 is 0 Å². The van der Waals surface area contributed by atoms with E-state index in [1.165, 1.54) is 11.3 Å². The van der Waals surface area contributed by atoms with E-state index in [-0.39, 0.29) is 0 Å². The van der Waals surface area contributed by atoms with E-state index in [0.29, 0.717) is 37.2 Å². The van der Waals surface area contributed by atoms with Gasteiger partial charge in [0.15, 0.2) is 5.82 Å². The molecule has 0 saturated heterocycles. The number of nitrogen functional groups attached to an aromatic ring is 1. The largest absolute Gasteiger partial charge is 0.374 e. The van der Waals surface area contributed by atoms with Crippen LogP contribution in [0.25, 0.3) is 0 Å². The van der Waals surface area contributed by atoms with Crippen molar-refractivity contribution < 1.29 is 4.74 Å². The van der Waals surface area contributed by atoms with Gasteiger partial charge < -0.3 is 15.5 Å². The van der Waals surface area contributed by atoms with Crippen LogP contribution in [-0.4, -0.2) is 16.6 Å². The van der Waals surface area contributed by atoms with Gasteiger partial charge in [-0.05, 0) is 19.1 Å². The number of hydrogen-bond donors (Lipinski definition) is 3. The smallest absolute Gasteiger partial charge is 0.158 e. The Morgan fingerprint density at radius 2 is 2.15 bits per heavy atom. The van der Waals surface area contributed by atoms with Crippen molar-refractivity contribution in [3.8, 4) is 0 Å². The van der Waals surface area contributed by atoms with E-state index in [0.717, 1.165) is 9.21 Å². The number of nitrogens with two attached hydrogens (primary N) is 1. The van der Waals surface area contributed by atoms with Gasteiger partial charge in [0.2, 0.25) is 0 Å². The molecule has 20 heavy (non-hydrogen) atoms. The molecule has 6 nitrogen and oxygen atoms in total. The fourth-order valence-electron chi connectivity index (χ4n) is 1.54. The summed E-state index contributed by atoms with van der Waals surface area (Å²) in [6, 6.07) is 5.59. The molecule has 108 valence electrons. The van der Waals surface area contributed by atoms with E-state index in [4.69, 9.17) is 22.2 Å². The van der Waals surface area contributed by atoms with Crippen molar-refractivity contribution in [3.63, 3.8) is 0 Å². The van der Waals surface area contributed by atoms with E-state index < -0.39 is 0 Å². The summed E-state index contributed by atoms with van der Waals surface area (Å²) in [5.41, 5.74) is 2.52. The van der Waals surface area contributed by atoms with E-state index in [2.05, 4.69) is 20.7 Å². The molecule has 2 aromatic rings. The van der Waals surface area contributed by atoms with Crippen LogP contribution in [0.15, 0.2) is 18.2 Å². The molecule has 0 aromatic carbocycles. The average Bonchev–Trinajstić information content (AvgIpc) is 2.88. The first-order chi connectivity index (χ1) is 9.71. The average molecular weight is 314 g/mol. The minimum absolute atomic E-state index is 0.353. The van der Waals surface area contributed by atoms with E-state index in [1.807, 2.05) is 19.1 Å². The lowest BCUT2D eigenvalue weighted by molar-refractivity contribution is 0.128. The summed E-state index contributed by atoms with van der Waals surface area (Å²) in [7, 11) is 0. The lowest BCUT2D eigenvalue weighted by Gasteiger charge is -2.09. The van der Waals surface area contributed by atoms with Crippen molar-refractivity contribution in [2.45, 2.75) is 20.1 Å². The molecular formula is C12H16ClN5OS. The van der Waals surface area contributed by atoms with Crippen LogP contribution in [0, 0.1) is 0 Å². The van der Waals surface area contributed by atoms with Gasteiger partial charge in [-0.3, -0.25) is 0 Å². The molecule has 0 saturated carbocycles. The zero-order valence-electron chi connectivity index (χ0n) is 11.0. The van der Waals surface area contributed by atoms with Gasteiger partial charge in [0.05, 0.1) is 10.9 Å². The zero-order chi connectivity index (χ0) is 14.4. The van der Waals surface area contributed by atoms with Crippen molar-refractivity contribution in [1.82, 2.24) is 9.97 Å². The number of rotatable bonds is 7. The summed E-state index contributed by atoms with van der Waals surface area (Å²) in [5.74, 6) is 7.21. The third-order valence-electron chi connectivity index (χ3n) is 2.43. The molecule has 0 atom stereocenters. The van der Waals surface area contributed by atoms with E-state index >= 15 is 0 Å². The molecule has 0 fully saturated rings. The SMILES string of the molecule is CCOCc1nc(NN)cc(NCc2ccc(Cl)s2)n1. The third-order valence-corrected chi connectivity index (χ3v) is 3.66. The van der Waals surface area contributed by atoms with Crippen LogP contribution in [0.2, 0.25) is 4.34 Å². The quantitative estimate of drug-likeness (QED) is 0.538. The number of aromatic nitrogens is 2. The van der Waals surface area contributed by atoms with Crippen molar-refractivity contribution >= 4 is 34.6 Å². The second kappa shape index (κ2) is 7.39. The van der Waals surface area contributed by atoms with Crippen molar-refractivity contribution in [2.24, 2.45) is 5.84 Å². The molecule has 0 aliphatic rings. The lowest BCUT2D eigenvalue weighted by Crippen LogP contribution is -2.12. The molecule has 0 bridgehead atoms. The van der Waals surface area contributed by atoms with Crippen LogP contribution >= 0.6 is 22.9 Å². The predicted molar refractivity (Wildman–Crippen MR) is 81.8 cm³/mol. The highest BCUT2D eigenvalue weighted by Crippen LogP contribution is 2.22. The standard InChI is InChI=1S/C12H16ClN5OS/c1-2-19-7-12-16-10(5-11(17-12)18-14)15-6-8-3-4-9(13)20-8/h3-5H,2,6-7,14H2,1H3,(H2,15,16,17,18). The highest BCUT2D eigenvalue weighted by Gasteiger charge is 2.05. The van der Waals surface area contributed by atoms with Crippen LogP contribution in [0.3, 0.4) is 0 Å². The number of nitrogens with zero attached hydrogens (tertiary/aromatic N) is 2. The number of halogens is 1. The summed E-state index contributed by atoms with van der Waals surface area (Å²) >= 11 is 7.42. The van der Waals surface area contributed by atoms with Crippen LogP contribution in [0.4, 0.5) is 11.6 Å². The Kier molecular flexibility index (Phi) is 5.54. The summed E-state index contributed by atoms with van der Waals surface area (Å²) in [6.45, 7) is 3.53. The highest BCUT2D eigenvalue weighted by atomic mass is 35.5. The molecule has 2 aromatic heterocycles. The highest BCUT2D eigenvalue weighted by molar-refractivity contribution is 7.16. The van der Waals surface area contributed by atoms with Crippen LogP contribution in [-0.2, 0) is 17.9 Å². The Morgan fingerprint density at radius 3 is 2.80 bits per heavy atom. The first-order valence-electron chi connectivity index (χ1n) is 6.11. The topological polar surface area (TPSA) is 85.1 Å². The molecule has 0 aliphatic carbocycles. The lowest BCUT2D eigenvalue weighted by atomic mass is 10.4. The van der Waals surface area contributed by atoms with Gasteiger partial charge in [0, 0.05) is 17.6 Å². The van der Waals surface area contributed by atoms with E-state index in [1.54, 1.807) is 6.07 Å². The first kappa shape index (κ1) is 15.0. The molecule has 2 heterocycles. The number of ether oxygens (including phenoxy) is 1. The Morgan fingerprint density at radius 1 is 1.35 bits per heavy atom. The van der Waals surface area contributed by atoms with E-state index in [9.17, 15) is 0 Å². The number of nitrogens with one attached hydrogen (secondary N) is 2. The second-order valence-electron chi connectivity index (χ2n) is 3.90. The Bertz CT molecular complexity index is 563. The second-order valence-corrected chi connectivity index (χ2v) is 5.70. The maximum atomic E-state index is 5.89. The Balaban J connectivity index is 2.05. The van der Waals surface area contributed by atoms with Gasteiger partial charge in [-0.1, -0.05) is 11.6 Å². The number of hydrogen-bond acceptors (Lipinski definition) is 7. The number of anilines is 2. The third kappa shape index (κ3) is 4.31. The van der Waals surface area contributed by atoms with Gasteiger partial charge in [-0.25, -0.2) is 15.8 Å². The van der Waals surface area contributed by atoms with Gasteiger partial charge in [-0.15, -0.1) is 11.3 Å². The first-order valence-corrected chi connectivity index (χ1v) is 7.31. The van der Waals surface area contributed by atoms with Crippen molar-refractivity contribution in [1.29, 1.82) is 0 Å². The van der Waals surface area contributed by atoms with Gasteiger partial charge in [-0.2, -0.15) is 0 Å². The van der Waals surface area contributed by atoms with Crippen LogP contribution in [0.5, 0.6) is 0 Å². The normalized spacial score (nSPS) is 10.6. The summed E-state index contributed by atoms with van der Waals surface area (Å²) in [6.07, 6.45) is 0. The molecule has 8 heteroatoms. The summed E-state index contributed by atoms with van der Waals surface area (Å²) in [4.78, 5) is 9.71. The summed E-state index contributed by atoms with van der Waals surface area (Å²) < 4.78 is 6.07. The van der Waals surface area contributed by atoms with Crippen molar-refractivity contribution in [2.75, 3.05) is 17.3 Å². The minimum Gasteiger partial charge on any atom is -0.374 e. The number of hydrazine groups is 1. The summed E-state index contributed by atoms with van der Waals surface area (Å²) in [5, 5.41) is 3.22. The van der Waals surface area contributed by atoms with Gasteiger partial charge in [0.1, 0.15) is 18.2 Å². The maximum absolute atomic E-state index is 5.89. The molecule has 2 rings (SSSR count). The molecular weight excluding hydrogens is 298 g/mol. The molecule has 0 aliphatic heterocycles. The Labute approximate surface area is 126 Å². The fourth-order valence-corrected chi connectivity index (χ4v) is 2.57. The molecule has 0 unspecified atom stereocenters. The Hall–Kier alpha value is -1.41. The zero-order valence-corrected chi connectivity index (χ0v) is 12.6. The molecule has 0 spiro atoms.